The molecule has 0 aliphatic heterocycles. The molecule has 19 heavy (non-hydrogen) atoms. The minimum atomic E-state index is -0.313. The van der Waals surface area contributed by atoms with Gasteiger partial charge < -0.3 is 4.74 Å². The van der Waals surface area contributed by atoms with Crippen LogP contribution in [0, 0.1) is 11.3 Å². The van der Waals surface area contributed by atoms with Crippen LogP contribution in [0.3, 0.4) is 0 Å². The predicted molar refractivity (Wildman–Crippen MR) is 74.9 cm³/mol. The molecule has 1 N–H and O–H groups in total. The van der Waals surface area contributed by atoms with E-state index in [1.807, 2.05) is 44.2 Å². The molecule has 0 spiro atoms. The van der Waals surface area contributed by atoms with Crippen LogP contribution in [0.5, 0.6) is 5.75 Å². The second kappa shape index (κ2) is 6.17. The first kappa shape index (κ1) is 13.3. The Hall–Kier alpha value is -2.12. The quantitative estimate of drug-likeness (QED) is 0.891. The largest absolute Gasteiger partial charge is 0.490 e. The summed E-state index contributed by atoms with van der Waals surface area (Å²) in [4.78, 5) is 4.28. The van der Waals surface area contributed by atoms with Crippen LogP contribution in [-0.2, 0) is 0 Å². The van der Waals surface area contributed by atoms with E-state index in [9.17, 15) is 0 Å². The number of pyridine rings is 1. The lowest BCUT2D eigenvalue weighted by atomic mass is 10.2. The van der Waals surface area contributed by atoms with Crippen molar-refractivity contribution in [2.75, 3.05) is 6.61 Å². The fourth-order valence-electron chi connectivity index (χ4n) is 1.90. The third kappa shape index (κ3) is 3.43. The van der Waals surface area contributed by atoms with Gasteiger partial charge in [0, 0.05) is 17.6 Å². The van der Waals surface area contributed by atoms with Crippen LogP contribution >= 0.6 is 0 Å². The number of benzene rings is 1. The molecule has 4 heteroatoms. The molecular formula is C15H17N3O. The molecular weight excluding hydrogens is 238 g/mol. The third-order valence-corrected chi connectivity index (χ3v) is 2.70. The highest BCUT2D eigenvalue weighted by molar-refractivity contribution is 5.84. The van der Waals surface area contributed by atoms with Gasteiger partial charge in [-0.25, -0.2) is 0 Å². The second-order valence-electron chi connectivity index (χ2n) is 4.64. The molecule has 1 aromatic heterocycles. The number of fused-ring (bicyclic) bond motifs is 1. The minimum Gasteiger partial charge on any atom is -0.490 e. The van der Waals surface area contributed by atoms with Gasteiger partial charge in [-0.1, -0.05) is 6.07 Å². The third-order valence-electron chi connectivity index (χ3n) is 2.70. The number of rotatable bonds is 5. The zero-order valence-electron chi connectivity index (χ0n) is 11.1. The van der Waals surface area contributed by atoms with Crippen molar-refractivity contribution in [1.82, 2.24) is 10.3 Å². The standard InChI is InChI=1S/C15H17N3O/c1-11(2)18-12(9-16)10-19-15-7-3-6-14-13(15)5-4-8-17-14/h3-8,11-12,18H,10H2,1-2H3. The highest BCUT2D eigenvalue weighted by Crippen LogP contribution is 2.23. The average molecular weight is 255 g/mol. The average Bonchev–Trinajstić information content (AvgIpc) is 2.43. The highest BCUT2D eigenvalue weighted by atomic mass is 16.5. The molecule has 1 unspecified atom stereocenters. The van der Waals surface area contributed by atoms with E-state index in [-0.39, 0.29) is 12.1 Å². The first-order chi connectivity index (χ1) is 9.20. The molecule has 1 heterocycles. The van der Waals surface area contributed by atoms with Crippen LogP contribution in [0.2, 0.25) is 0 Å². The molecule has 0 amide bonds. The van der Waals surface area contributed by atoms with Gasteiger partial charge >= 0.3 is 0 Å². The Balaban J connectivity index is 2.11. The Labute approximate surface area is 113 Å². The molecule has 1 atom stereocenters. The summed E-state index contributed by atoms with van der Waals surface area (Å²) in [5.41, 5.74) is 0.894. The fraction of sp³-hybridized carbons (Fsp3) is 0.333. The SMILES string of the molecule is CC(C)NC(C#N)COc1cccc2ncccc12. The van der Waals surface area contributed by atoms with Crippen molar-refractivity contribution >= 4 is 10.9 Å². The van der Waals surface area contributed by atoms with Gasteiger partial charge in [-0.3, -0.25) is 10.3 Å². The maximum atomic E-state index is 9.06. The number of aromatic nitrogens is 1. The first-order valence-corrected chi connectivity index (χ1v) is 6.33. The number of nitriles is 1. The Morgan fingerprint density at radius 2 is 2.16 bits per heavy atom. The van der Waals surface area contributed by atoms with Gasteiger partial charge in [0.2, 0.25) is 0 Å². The van der Waals surface area contributed by atoms with Crippen molar-refractivity contribution < 1.29 is 4.74 Å². The van der Waals surface area contributed by atoms with E-state index >= 15 is 0 Å². The fourth-order valence-corrected chi connectivity index (χ4v) is 1.90. The normalized spacial score (nSPS) is 12.3. The van der Waals surface area contributed by atoms with Crippen LogP contribution in [0.1, 0.15) is 13.8 Å². The number of hydrogen-bond acceptors (Lipinski definition) is 4. The van der Waals surface area contributed by atoms with Gasteiger partial charge in [0.1, 0.15) is 18.4 Å². The Morgan fingerprint density at radius 3 is 2.89 bits per heavy atom. The lowest BCUT2D eigenvalue weighted by molar-refractivity contribution is 0.285. The zero-order chi connectivity index (χ0) is 13.7. The van der Waals surface area contributed by atoms with Crippen LogP contribution in [0.4, 0.5) is 0 Å². The van der Waals surface area contributed by atoms with Gasteiger partial charge in [-0.15, -0.1) is 0 Å². The van der Waals surface area contributed by atoms with E-state index in [1.54, 1.807) is 6.20 Å². The molecule has 0 aliphatic rings. The summed E-state index contributed by atoms with van der Waals surface area (Å²) < 4.78 is 5.75. The summed E-state index contributed by atoms with van der Waals surface area (Å²) >= 11 is 0. The molecule has 2 rings (SSSR count). The van der Waals surface area contributed by atoms with Crippen molar-refractivity contribution in [2.24, 2.45) is 0 Å². The Morgan fingerprint density at radius 1 is 1.32 bits per heavy atom. The van der Waals surface area contributed by atoms with Gasteiger partial charge in [0.15, 0.2) is 0 Å². The second-order valence-corrected chi connectivity index (χ2v) is 4.64. The summed E-state index contributed by atoms with van der Waals surface area (Å²) in [7, 11) is 0. The highest BCUT2D eigenvalue weighted by Gasteiger charge is 2.10. The van der Waals surface area contributed by atoms with Crippen molar-refractivity contribution in [3.05, 3.63) is 36.5 Å². The summed E-state index contributed by atoms with van der Waals surface area (Å²) in [6, 6.07) is 11.7. The van der Waals surface area contributed by atoms with E-state index in [0.29, 0.717) is 6.61 Å². The van der Waals surface area contributed by atoms with E-state index in [2.05, 4.69) is 16.4 Å². The summed E-state index contributed by atoms with van der Waals surface area (Å²) in [6.45, 7) is 4.33. The molecule has 0 aliphatic carbocycles. The molecule has 4 nitrogen and oxygen atoms in total. The van der Waals surface area contributed by atoms with E-state index in [4.69, 9.17) is 10.00 Å². The molecule has 0 bridgehead atoms. The van der Waals surface area contributed by atoms with Gasteiger partial charge in [0.25, 0.3) is 0 Å². The maximum Gasteiger partial charge on any atom is 0.130 e. The number of nitrogens with zero attached hydrogens (tertiary/aromatic N) is 2. The topological polar surface area (TPSA) is 57.9 Å². The first-order valence-electron chi connectivity index (χ1n) is 6.33. The van der Waals surface area contributed by atoms with Gasteiger partial charge in [0.05, 0.1) is 11.6 Å². The van der Waals surface area contributed by atoms with Crippen LogP contribution < -0.4 is 10.1 Å². The van der Waals surface area contributed by atoms with E-state index < -0.39 is 0 Å². The summed E-state index contributed by atoms with van der Waals surface area (Å²) in [5, 5.41) is 13.2. The minimum absolute atomic E-state index is 0.252. The molecule has 0 saturated heterocycles. The molecule has 2 aromatic rings. The van der Waals surface area contributed by atoms with Gasteiger partial charge in [-0.05, 0) is 38.1 Å². The van der Waals surface area contributed by atoms with Crippen molar-refractivity contribution in [3.8, 4) is 11.8 Å². The number of ether oxygens (including phenoxy) is 1. The molecule has 0 radical (unpaired) electrons. The van der Waals surface area contributed by atoms with E-state index in [1.165, 1.54) is 0 Å². The molecule has 0 saturated carbocycles. The lowest BCUT2D eigenvalue weighted by Crippen LogP contribution is -2.37. The smallest absolute Gasteiger partial charge is 0.130 e. The Bertz CT molecular complexity index is 584. The van der Waals surface area contributed by atoms with Crippen molar-refractivity contribution in [2.45, 2.75) is 25.9 Å². The van der Waals surface area contributed by atoms with Crippen LogP contribution in [0.25, 0.3) is 10.9 Å². The van der Waals surface area contributed by atoms with Crippen molar-refractivity contribution in [1.29, 1.82) is 5.26 Å². The van der Waals surface area contributed by atoms with E-state index in [0.717, 1.165) is 16.7 Å². The monoisotopic (exact) mass is 255 g/mol. The maximum absolute atomic E-state index is 9.06. The lowest BCUT2D eigenvalue weighted by Gasteiger charge is -2.16. The zero-order valence-corrected chi connectivity index (χ0v) is 11.1. The number of hydrogen-bond donors (Lipinski definition) is 1. The van der Waals surface area contributed by atoms with Crippen LogP contribution in [-0.4, -0.2) is 23.7 Å². The predicted octanol–water partition coefficient (Wildman–Crippen LogP) is 2.50. The van der Waals surface area contributed by atoms with Gasteiger partial charge in [-0.2, -0.15) is 5.26 Å². The van der Waals surface area contributed by atoms with Crippen LogP contribution in [0.15, 0.2) is 36.5 Å². The summed E-state index contributed by atoms with van der Waals surface area (Å²) in [6.07, 6.45) is 1.75. The Kier molecular flexibility index (Phi) is 4.32. The molecule has 98 valence electrons. The molecule has 0 fully saturated rings. The molecule has 1 aromatic carbocycles. The summed E-state index contributed by atoms with van der Waals surface area (Å²) in [5.74, 6) is 0.761. The number of nitrogens with one attached hydrogen (secondary N) is 1. The van der Waals surface area contributed by atoms with Crippen molar-refractivity contribution in [3.63, 3.8) is 0 Å².